The van der Waals surface area contributed by atoms with Gasteiger partial charge in [-0.05, 0) is 11.4 Å². The molecule has 2 atom stereocenters. The highest BCUT2D eigenvalue weighted by atomic mass is 35.5. The summed E-state index contributed by atoms with van der Waals surface area (Å²) in [5, 5.41) is 2.11. The summed E-state index contributed by atoms with van der Waals surface area (Å²) in [6, 6.07) is 0.706. The molecule has 2 aliphatic rings. The molecule has 9 heteroatoms. The van der Waals surface area contributed by atoms with Crippen LogP contribution in [0.2, 0.25) is 5.02 Å². The Morgan fingerprint density at radius 1 is 1.26 bits per heavy atom. The third kappa shape index (κ3) is 2.99. The Hall–Kier alpha value is -1.12. The lowest BCUT2D eigenvalue weighted by atomic mass is 10.0. The third-order valence-corrected chi connectivity index (χ3v) is 7.40. The molecule has 0 bridgehead atoms. The average molecular weight is 377 g/mol. The summed E-state index contributed by atoms with van der Waals surface area (Å²) in [7, 11) is -3.27. The van der Waals surface area contributed by atoms with Crippen molar-refractivity contribution in [3.8, 4) is 0 Å². The molecule has 2 aliphatic heterocycles. The minimum absolute atomic E-state index is 0.0710. The van der Waals surface area contributed by atoms with E-state index in [0.29, 0.717) is 29.4 Å². The van der Waals surface area contributed by atoms with E-state index in [4.69, 9.17) is 11.6 Å². The van der Waals surface area contributed by atoms with Crippen molar-refractivity contribution in [1.82, 2.24) is 9.80 Å². The smallest absolute Gasteiger partial charge is 0.265 e. The number of halogens is 1. The zero-order valence-corrected chi connectivity index (χ0v) is 15.0. The van der Waals surface area contributed by atoms with Crippen molar-refractivity contribution in [3.63, 3.8) is 0 Å². The fraction of sp³-hybridized carbons (Fsp3) is 0.571. The van der Waals surface area contributed by atoms with E-state index in [1.807, 2.05) is 0 Å². The number of thiophene rings is 1. The number of piperazine rings is 1. The number of hydrogen-bond donors (Lipinski definition) is 0. The molecule has 0 aromatic carbocycles. The summed E-state index contributed by atoms with van der Waals surface area (Å²) < 4.78 is 24.2. The van der Waals surface area contributed by atoms with Crippen LogP contribution in [0.15, 0.2) is 11.4 Å². The fourth-order valence-corrected chi connectivity index (χ4v) is 6.37. The monoisotopic (exact) mass is 376 g/mol. The van der Waals surface area contributed by atoms with Crippen molar-refractivity contribution in [1.29, 1.82) is 0 Å². The molecule has 3 rings (SSSR count). The Kier molecular flexibility index (Phi) is 4.41. The van der Waals surface area contributed by atoms with Gasteiger partial charge in [0.25, 0.3) is 5.91 Å². The number of nitrogens with zero attached hydrogens (tertiary/aromatic N) is 2. The van der Waals surface area contributed by atoms with Crippen LogP contribution in [-0.2, 0) is 14.6 Å². The molecule has 0 spiro atoms. The molecular formula is C14H17ClN2O4S2. The molecule has 2 fully saturated rings. The largest absolute Gasteiger partial charge is 0.335 e. The van der Waals surface area contributed by atoms with Gasteiger partial charge in [-0.25, -0.2) is 8.42 Å². The van der Waals surface area contributed by atoms with Gasteiger partial charge in [-0.3, -0.25) is 9.59 Å². The molecule has 3 heterocycles. The third-order valence-electron chi connectivity index (χ3n) is 4.37. The molecule has 0 unspecified atom stereocenters. The van der Waals surface area contributed by atoms with Gasteiger partial charge in [0.05, 0.1) is 28.6 Å². The Morgan fingerprint density at radius 3 is 2.43 bits per heavy atom. The van der Waals surface area contributed by atoms with Gasteiger partial charge in [0, 0.05) is 19.5 Å². The van der Waals surface area contributed by atoms with Gasteiger partial charge in [-0.15, -0.1) is 11.3 Å². The number of amides is 2. The summed E-state index contributed by atoms with van der Waals surface area (Å²) in [5.41, 5.74) is 0. The number of sulfone groups is 1. The molecule has 23 heavy (non-hydrogen) atoms. The Labute approximate surface area is 143 Å². The van der Waals surface area contributed by atoms with E-state index >= 15 is 0 Å². The van der Waals surface area contributed by atoms with Crippen LogP contribution in [0.5, 0.6) is 0 Å². The molecule has 2 saturated heterocycles. The zero-order valence-electron chi connectivity index (χ0n) is 12.6. The maximum absolute atomic E-state index is 12.7. The van der Waals surface area contributed by atoms with Gasteiger partial charge in [0.1, 0.15) is 4.88 Å². The first kappa shape index (κ1) is 16.7. The summed E-state index contributed by atoms with van der Waals surface area (Å²) in [5.74, 6) is -0.496. The van der Waals surface area contributed by atoms with Crippen molar-refractivity contribution in [2.24, 2.45) is 0 Å². The van der Waals surface area contributed by atoms with E-state index in [2.05, 4.69) is 0 Å². The highest BCUT2D eigenvalue weighted by Crippen LogP contribution is 2.31. The number of carbonyl (C=O) groups is 2. The van der Waals surface area contributed by atoms with Gasteiger partial charge in [-0.1, -0.05) is 18.5 Å². The summed E-state index contributed by atoms with van der Waals surface area (Å²) in [6.45, 7) is 2.44. The van der Waals surface area contributed by atoms with E-state index in [1.165, 1.54) is 11.3 Å². The van der Waals surface area contributed by atoms with E-state index in [-0.39, 0.29) is 23.3 Å². The number of hydrogen-bond acceptors (Lipinski definition) is 5. The first-order valence-corrected chi connectivity index (χ1v) is 10.5. The van der Waals surface area contributed by atoms with Gasteiger partial charge in [0.15, 0.2) is 9.84 Å². The molecule has 6 nitrogen and oxygen atoms in total. The standard InChI is InChI=1S/C14H17ClN2O4S2/c1-2-12(18)16-4-5-17(11-8-23(20,21)7-10(11)16)14(19)13-9(15)3-6-22-13/h3,6,10-11H,2,4-5,7-8H2,1H3/t10-,11+/m1/s1. The molecule has 0 N–H and O–H groups in total. The highest BCUT2D eigenvalue weighted by Gasteiger charge is 2.49. The highest BCUT2D eigenvalue weighted by molar-refractivity contribution is 7.91. The summed E-state index contributed by atoms with van der Waals surface area (Å²) in [4.78, 5) is 28.4. The van der Waals surface area contributed by atoms with Crippen molar-refractivity contribution >= 4 is 44.6 Å². The Bertz CT molecular complexity index is 746. The van der Waals surface area contributed by atoms with Crippen LogP contribution < -0.4 is 0 Å². The predicted molar refractivity (Wildman–Crippen MR) is 88.6 cm³/mol. The second-order valence-corrected chi connectivity index (χ2v) is 9.23. The van der Waals surface area contributed by atoms with Crippen LogP contribution in [0.3, 0.4) is 0 Å². The first-order chi connectivity index (χ1) is 10.8. The fourth-order valence-electron chi connectivity index (χ4n) is 3.29. The number of carbonyl (C=O) groups excluding carboxylic acids is 2. The van der Waals surface area contributed by atoms with E-state index < -0.39 is 21.9 Å². The lowest BCUT2D eigenvalue weighted by Gasteiger charge is -2.43. The maximum Gasteiger partial charge on any atom is 0.265 e. The number of fused-ring (bicyclic) bond motifs is 1. The van der Waals surface area contributed by atoms with E-state index in [1.54, 1.807) is 28.2 Å². The predicted octanol–water partition coefficient (Wildman–Crippen LogP) is 1.26. The molecule has 0 aliphatic carbocycles. The summed E-state index contributed by atoms with van der Waals surface area (Å²) in [6.07, 6.45) is 0.327. The lowest BCUT2D eigenvalue weighted by Crippen LogP contribution is -2.61. The average Bonchev–Trinajstić information content (AvgIpc) is 3.06. The van der Waals surface area contributed by atoms with Crippen LogP contribution in [-0.4, -0.2) is 66.7 Å². The van der Waals surface area contributed by atoms with Gasteiger partial charge >= 0.3 is 0 Å². The van der Waals surface area contributed by atoms with Crippen LogP contribution in [0.1, 0.15) is 23.0 Å². The van der Waals surface area contributed by atoms with Gasteiger partial charge in [0.2, 0.25) is 5.91 Å². The molecule has 2 amide bonds. The second-order valence-electron chi connectivity index (χ2n) is 5.75. The van der Waals surface area contributed by atoms with Gasteiger partial charge in [-0.2, -0.15) is 0 Å². The SMILES string of the molecule is CCC(=O)N1CCN(C(=O)c2sccc2Cl)[C@H]2CS(=O)(=O)C[C@H]21. The van der Waals surface area contributed by atoms with Crippen LogP contribution >= 0.6 is 22.9 Å². The molecule has 0 saturated carbocycles. The summed E-state index contributed by atoms with van der Waals surface area (Å²) >= 11 is 7.28. The van der Waals surface area contributed by atoms with Crippen molar-refractivity contribution < 1.29 is 18.0 Å². The van der Waals surface area contributed by atoms with Gasteiger partial charge < -0.3 is 9.80 Å². The molecule has 0 radical (unpaired) electrons. The second kappa shape index (κ2) is 6.07. The molecule has 126 valence electrons. The lowest BCUT2D eigenvalue weighted by molar-refractivity contribution is -0.135. The zero-order chi connectivity index (χ0) is 16.8. The van der Waals surface area contributed by atoms with Crippen molar-refractivity contribution in [2.75, 3.05) is 24.6 Å². The Morgan fingerprint density at radius 2 is 1.87 bits per heavy atom. The van der Waals surface area contributed by atoms with Crippen molar-refractivity contribution in [3.05, 3.63) is 21.3 Å². The molecule has 1 aromatic rings. The molecule has 1 aromatic heterocycles. The molecular weight excluding hydrogens is 360 g/mol. The van der Waals surface area contributed by atoms with Crippen LogP contribution in [0.25, 0.3) is 0 Å². The minimum Gasteiger partial charge on any atom is -0.335 e. The van der Waals surface area contributed by atoms with Crippen LogP contribution in [0.4, 0.5) is 0 Å². The van der Waals surface area contributed by atoms with E-state index in [9.17, 15) is 18.0 Å². The maximum atomic E-state index is 12.7. The number of rotatable bonds is 2. The van der Waals surface area contributed by atoms with E-state index in [0.717, 1.165) is 0 Å². The Balaban J connectivity index is 1.91. The van der Waals surface area contributed by atoms with Crippen molar-refractivity contribution in [2.45, 2.75) is 25.4 Å². The quantitative estimate of drug-likeness (QED) is 0.778. The minimum atomic E-state index is -3.27. The topological polar surface area (TPSA) is 74.8 Å². The van der Waals surface area contributed by atoms with Crippen LogP contribution in [0, 0.1) is 0 Å². The first-order valence-electron chi connectivity index (χ1n) is 7.38. The normalized spacial score (nSPS) is 26.2.